The number of carbonyl (C=O) groups excluding carboxylic acids is 1. The maximum absolute atomic E-state index is 11.0. The number of hydrogen-bond donors (Lipinski definition) is 2. The molecule has 0 atom stereocenters. The Labute approximate surface area is 124 Å². The van der Waals surface area contributed by atoms with Gasteiger partial charge in [-0.05, 0) is 36.8 Å². The van der Waals surface area contributed by atoms with E-state index in [9.17, 15) is 4.79 Å². The molecule has 0 aliphatic rings. The number of carbonyl (C=O) groups is 1. The van der Waals surface area contributed by atoms with Crippen molar-refractivity contribution in [3.63, 3.8) is 0 Å². The van der Waals surface area contributed by atoms with E-state index in [2.05, 4.69) is 41.5 Å². The molecule has 7 heteroatoms. The first-order valence-electron chi connectivity index (χ1n) is 5.80. The predicted octanol–water partition coefficient (Wildman–Crippen LogP) is 3.47. The van der Waals surface area contributed by atoms with Gasteiger partial charge in [0.2, 0.25) is 0 Å². The Morgan fingerprint density at radius 1 is 1.20 bits per heavy atom. The van der Waals surface area contributed by atoms with Gasteiger partial charge in [-0.15, -0.1) is 10.2 Å². The molecule has 1 amide bonds. The topological polar surface area (TPSA) is 76.1 Å². The average Bonchev–Trinajstić information content (AvgIpc) is 2.45. The lowest BCUT2D eigenvalue weighted by Crippen LogP contribution is -2.12. The molecular weight excluding hydrogens is 324 g/mol. The zero-order valence-corrected chi connectivity index (χ0v) is 12.6. The third kappa shape index (κ3) is 3.67. The van der Waals surface area contributed by atoms with Crippen LogP contribution >= 0.6 is 15.9 Å². The van der Waals surface area contributed by atoms with E-state index >= 15 is 0 Å². The van der Waals surface area contributed by atoms with E-state index in [4.69, 9.17) is 0 Å². The van der Waals surface area contributed by atoms with Crippen LogP contribution in [0.15, 0.2) is 34.8 Å². The van der Waals surface area contributed by atoms with Crippen LogP contribution in [0.3, 0.4) is 0 Å². The van der Waals surface area contributed by atoms with Gasteiger partial charge in [-0.2, -0.15) is 0 Å². The number of anilines is 3. The van der Waals surface area contributed by atoms with Gasteiger partial charge in [0.05, 0.1) is 7.11 Å². The van der Waals surface area contributed by atoms with Gasteiger partial charge in [0.25, 0.3) is 0 Å². The smallest absolute Gasteiger partial charge is 0.412 e. The number of nitrogens with one attached hydrogen (secondary N) is 2. The Kier molecular flexibility index (Phi) is 4.52. The monoisotopic (exact) mass is 336 g/mol. The van der Waals surface area contributed by atoms with Crippen molar-refractivity contribution in [3.05, 3.63) is 40.4 Å². The summed E-state index contributed by atoms with van der Waals surface area (Å²) in [4.78, 5) is 11.0. The van der Waals surface area contributed by atoms with Crippen LogP contribution in [0, 0.1) is 6.92 Å². The molecule has 2 rings (SSSR count). The molecule has 0 bridgehead atoms. The molecular formula is C13H13BrN4O2. The fourth-order valence-corrected chi connectivity index (χ4v) is 1.82. The Balaban J connectivity index is 2.06. The summed E-state index contributed by atoms with van der Waals surface area (Å²) in [6, 6.07) is 9.24. The number of aryl methyl sites for hydroxylation is 1. The van der Waals surface area contributed by atoms with Gasteiger partial charge in [0.15, 0.2) is 11.6 Å². The van der Waals surface area contributed by atoms with Gasteiger partial charge in [-0.1, -0.05) is 22.0 Å². The van der Waals surface area contributed by atoms with Crippen LogP contribution < -0.4 is 10.6 Å². The van der Waals surface area contributed by atoms with E-state index in [1.807, 2.05) is 25.1 Å². The lowest BCUT2D eigenvalue weighted by Gasteiger charge is -2.07. The average molecular weight is 337 g/mol. The van der Waals surface area contributed by atoms with Crippen LogP contribution in [0.4, 0.5) is 22.1 Å². The van der Waals surface area contributed by atoms with Crippen molar-refractivity contribution in [1.29, 1.82) is 0 Å². The normalized spacial score (nSPS) is 9.95. The van der Waals surface area contributed by atoms with Gasteiger partial charge in [-0.3, -0.25) is 5.32 Å². The molecule has 0 unspecified atom stereocenters. The van der Waals surface area contributed by atoms with Gasteiger partial charge >= 0.3 is 6.09 Å². The zero-order valence-electron chi connectivity index (χ0n) is 11.0. The highest BCUT2D eigenvalue weighted by molar-refractivity contribution is 9.10. The standard InChI is InChI=1S/C13H13BrN4O2/c1-8-3-4-9(7-10(8)14)15-11-5-6-12(18-17-11)16-13(19)20-2/h3-7H,1-2H3,(H,15,17)(H,16,18,19). The summed E-state index contributed by atoms with van der Waals surface area (Å²) >= 11 is 3.47. The summed E-state index contributed by atoms with van der Waals surface area (Å²) in [6.45, 7) is 2.01. The van der Waals surface area contributed by atoms with Crippen molar-refractivity contribution in [2.75, 3.05) is 17.7 Å². The van der Waals surface area contributed by atoms with Gasteiger partial charge in [-0.25, -0.2) is 4.79 Å². The van der Waals surface area contributed by atoms with Crippen molar-refractivity contribution < 1.29 is 9.53 Å². The van der Waals surface area contributed by atoms with Crippen molar-refractivity contribution in [3.8, 4) is 0 Å². The summed E-state index contributed by atoms with van der Waals surface area (Å²) < 4.78 is 5.48. The van der Waals surface area contributed by atoms with Crippen LogP contribution in [0.25, 0.3) is 0 Å². The maximum atomic E-state index is 11.0. The molecule has 104 valence electrons. The lowest BCUT2D eigenvalue weighted by molar-refractivity contribution is 0.187. The van der Waals surface area contributed by atoms with E-state index in [0.717, 1.165) is 15.7 Å². The Morgan fingerprint density at radius 3 is 2.50 bits per heavy atom. The molecule has 1 aromatic heterocycles. The number of ether oxygens (including phenoxy) is 1. The van der Waals surface area contributed by atoms with E-state index < -0.39 is 6.09 Å². The van der Waals surface area contributed by atoms with Crippen LogP contribution in [-0.2, 0) is 4.74 Å². The van der Waals surface area contributed by atoms with E-state index in [0.29, 0.717) is 11.6 Å². The highest BCUT2D eigenvalue weighted by atomic mass is 79.9. The number of nitrogens with zero attached hydrogens (tertiary/aromatic N) is 2. The van der Waals surface area contributed by atoms with Gasteiger partial charge in [0.1, 0.15) is 0 Å². The Morgan fingerprint density at radius 2 is 1.90 bits per heavy atom. The molecule has 2 N–H and O–H groups in total. The minimum absolute atomic E-state index is 0.326. The highest BCUT2D eigenvalue weighted by Gasteiger charge is 2.03. The SMILES string of the molecule is COC(=O)Nc1ccc(Nc2ccc(C)c(Br)c2)nn1. The number of amides is 1. The van der Waals surface area contributed by atoms with Crippen molar-refractivity contribution >= 4 is 39.3 Å². The van der Waals surface area contributed by atoms with Crippen molar-refractivity contribution in [2.45, 2.75) is 6.92 Å². The second kappa shape index (κ2) is 6.33. The number of aromatic nitrogens is 2. The molecule has 1 heterocycles. The zero-order chi connectivity index (χ0) is 14.5. The first-order chi connectivity index (χ1) is 9.58. The third-order valence-electron chi connectivity index (χ3n) is 2.52. The molecule has 0 aliphatic carbocycles. The van der Waals surface area contributed by atoms with Crippen LogP contribution in [0.2, 0.25) is 0 Å². The fraction of sp³-hybridized carbons (Fsp3) is 0.154. The number of hydrogen-bond acceptors (Lipinski definition) is 5. The van der Waals surface area contributed by atoms with Crippen molar-refractivity contribution in [1.82, 2.24) is 10.2 Å². The third-order valence-corrected chi connectivity index (χ3v) is 3.38. The number of benzene rings is 1. The van der Waals surface area contributed by atoms with Gasteiger partial charge < -0.3 is 10.1 Å². The summed E-state index contributed by atoms with van der Waals surface area (Å²) in [5.41, 5.74) is 2.05. The predicted molar refractivity (Wildman–Crippen MR) is 80.2 cm³/mol. The minimum Gasteiger partial charge on any atom is -0.453 e. The lowest BCUT2D eigenvalue weighted by atomic mass is 10.2. The second-order valence-electron chi connectivity index (χ2n) is 4.01. The van der Waals surface area contributed by atoms with Crippen LogP contribution in [0.5, 0.6) is 0 Å². The molecule has 1 aromatic carbocycles. The summed E-state index contributed by atoms with van der Waals surface area (Å²) in [5.74, 6) is 0.906. The molecule has 0 saturated heterocycles. The molecule has 2 aromatic rings. The summed E-state index contributed by atoms with van der Waals surface area (Å²) in [7, 11) is 1.29. The Hall–Kier alpha value is -2.15. The van der Waals surface area contributed by atoms with Gasteiger partial charge in [0, 0.05) is 10.2 Å². The highest BCUT2D eigenvalue weighted by Crippen LogP contribution is 2.22. The second-order valence-corrected chi connectivity index (χ2v) is 4.86. The number of methoxy groups -OCH3 is 1. The van der Waals surface area contributed by atoms with E-state index in [1.165, 1.54) is 7.11 Å². The molecule has 0 saturated carbocycles. The van der Waals surface area contributed by atoms with E-state index in [1.54, 1.807) is 12.1 Å². The summed E-state index contributed by atoms with van der Waals surface area (Å²) in [5, 5.41) is 13.4. The number of halogens is 1. The maximum Gasteiger partial charge on any atom is 0.412 e. The van der Waals surface area contributed by atoms with Crippen LogP contribution in [0.1, 0.15) is 5.56 Å². The molecule has 0 fully saturated rings. The molecule has 0 radical (unpaired) electrons. The quantitative estimate of drug-likeness (QED) is 0.897. The fourth-order valence-electron chi connectivity index (χ4n) is 1.44. The van der Waals surface area contributed by atoms with Crippen LogP contribution in [-0.4, -0.2) is 23.4 Å². The first kappa shape index (κ1) is 14.3. The minimum atomic E-state index is -0.581. The van der Waals surface area contributed by atoms with E-state index in [-0.39, 0.29) is 0 Å². The Bertz CT molecular complexity index is 616. The molecule has 20 heavy (non-hydrogen) atoms. The molecule has 6 nitrogen and oxygen atoms in total. The molecule has 0 aliphatic heterocycles. The first-order valence-corrected chi connectivity index (χ1v) is 6.59. The van der Waals surface area contributed by atoms with Crippen molar-refractivity contribution in [2.24, 2.45) is 0 Å². The largest absolute Gasteiger partial charge is 0.453 e. The number of rotatable bonds is 3. The summed E-state index contributed by atoms with van der Waals surface area (Å²) in [6.07, 6.45) is -0.581. The molecule has 0 spiro atoms.